The highest BCUT2D eigenvalue weighted by Crippen LogP contribution is 2.33. The van der Waals surface area contributed by atoms with Crippen LogP contribution in [0.4, 0.5) is 0 Å². The second kappa shape index (κ2) is 6.61. The van der Waals surface area contributed by atoms with Crippen molar-refractivity contribution in [2.45, 2.75) is 46.1 Å². The van der Waals surface area contributed by atoms with Crippen molar-refractivity contribution in [1.82, 2.24) is 5.32 Å². The quantitative estimate of drug-likeness (QED) is 0.873. The molecule has 1 rings (SSSR count). The standard InChI is InChI=1S/C16H23NO4/c1-10-7-6-8-12(16(3,4)5)14(10)21-9-13(18)17-11(2)15(19)20/h6-8,11H,9H2,1-5H3,(H,17,18)(H,19,20)/t11-/m0/s1. The van der Waals surface area contributed by atoms with Crippen LogP contribution in [0.1, 0.15) is 38.8 Å². The van der Waals surface area contributed by atoms with E-state index >= 15 is 0 Å². The fourth-order valence-electron chi connectivity index (χ4n) is 1.92. The van der Waals surface area contributed by atoms with Crippen molar-refractivity contribution in [3.8, 4) is 5.75 Å². The predicted octanol–water partition coefficient (Wildman–Crippen LogP) is 2.26. The molecule has 1 aromatic rings. The molecule has 0 aromatic heterocycles. The van der Waals surface area contributed by atoms with Gasteiger partial charge in [-0.05, 0) is 30.4 Å². The lowest BCUT2D eigenvalue weighted by molar-refractivity contribution is -0.141. The fourth-order valence-corrected chi connectivity index (χ4v) is 1.92. The molecule has 0 bridgehead atoms. The average molecular weight is 293 g/mol. The monoisotopic (exact) mass is 293 g/mol. The van der Waals surface area contributed by atoms with Crippen molar-refractivity contribution in [3.05, 3.63) is 29.3 Å². The lowest BCUT2D eigenvalue weighted by atomic mass is 9.85. The summed E-state index contributed by atoms with van der Waals surface area (Å²) in [7, 11) is 0. The van der Waals surface area contributed by atoms with E-state index in [4.69, 9.17) is 9.84 Å². The highest BCUT2D eigenvalue weighted by molar-refractivity contribution is 5.84. The first-order valence-electron chi connectivity index (χ1n) is 6.88. The molecule has 5 nitrogen and oxygen atoms in total. The Morgan fingerprint density at radius 3 is 2.48 bits per heavy atom. The molecular formula is C16H23NO4. The van der Waals surface area contributed by atoms with Crippen LogP contribution in [0.2, 0.25) is 0 Å². The number of benzene rings is 1. The van der Waals surface area contributed by atoms with E-state index in [-0.39, 0.29) is 12.0 Å². The van der Waals surface area contributed by atoms with Gasteiger partial charge in [0, 0.05) is 0 Å². The number of aliphatic carboxylic acids is 1. The van der Waals surface area contributed by atoms with Crippen LogP contribution in [0.15, 0.2) is 18.2 Å². The number of ether oxygens (including phenoxy) is 1. The number of amides is 1. The van der Waals surface area contributed by atoms with Gasteiger partial charge >= 0.3 is 5.97 Å². The van der Waals surface area contributed by atoms with Crippen molar-refractivity contribution >= 4 is 11.9 Å². The average Bonchev–Trinajstić information content (AvgIpc) is 2.35. The minimum atomic E-state index is -1.07. The largest absolute Gasteiger partial charge is 0.483 e. The Morgan fingerprint density at radius 2 is 1.95 bits per heavy atom. The van der Waals surface area contributed by atoms with E-state index < -0.39 is 17.9 Å². The van der Waals surface area contributed by atoms with Gasteiger partial charge in [-0.2, -0.15) is 0 Å². The zero-order valence-electron chi connectivity index (χ0n) is 13.2. The van der Waals surface area contributed by atoms with Crippen LogP contribution in [0.5, 0.6) is 5.75 Å². The van der Waals surface area contributed by atoms with E-state index in [1.807, 2.05) is 25.1 Å². The molecular weight excluding hydrogens is 270 g/mol. The molecule has 0 saturated heterocycles. The molecule has 1 atom stereocenters. The van der Waals surface area contributed by atoms with Crippen molar-refractivity contribution < 1.29 is 19.4 Å². The van der Waals surface area contributed by atoms with E-state index in [2.05, 4.69) is 26.1 Å². The zero-order chi connectivity index (χ0) is 16.2. The SMILES string of the molecule is Cc1cccc(C(C)(C)C)c1OCC(=O)N[C@@H](C)C(=O)O. The summed E-state index contributed by atoms with van der Waals surface area (Å²) < 4.78 is 5.63. The van der Waals surface area contributed by atoms with Crippen LogP contribution in [0, 0.1) is 6.92 Å². The van der Waals surface area contributed by atoms with Crippen molar-refractivity contribution in [2.24, 2.45) is 0 Å². The van der Waals surface area contributed by atoms with Crippen LogP contribution in [-0.2, 0) is 15.0 Å². The number of carboxylic acid groups (broad SMARTS) is 1. The summed E-state index contributed by atoms with van der Waals surface area (Å²) in [4.78, 5) is 22.4. The summed E-state index contributed by atoms with van der Waals surface area (Å²) in [6, 6.07) is 4.91. The van der Waals surface area contributed by atoms with Crippen LogP contribution in [0.25, 0.3) is 0 Å². The Hall–Kier alpha value is -2.04. The first-order valence-corrected chi connectivity index (χ1v) is 6.88. The van der Waals surface area contributed by atoms with Crippen LogP contribution < -0.4 is 10.1 Å². The number of carbonyl (C=O) groups is 2. The molecule has 116 valence electrons. The smallest absolute Gasteiger partial charge is 0.325 e. The van der Waals surface area contributed by atoms with Crippen molar-refractivity contribution in [1.29, 1.82) is 0 Å². The van der Waals surface area contributed by atoms with Gasteiger partial charge in [0.25, 0.3) is 5.91 Å². The summed E-state index contributed by atoms with van der Waals surface area (Å²) in [6.07, 6.45) is 0. The summed E-state index contributed by atoms with van der Waals surface area (Å²) in [5, 5.41) is 11.1. The maximum atomic E-state index is 11.7. The molecule has 0 fully saturated rings. The maximum absolute atomic E-state index is 11.7. The van der Waals surface area contributed by atoms with Crippen LogP contribution in [-0.4, -0.2) is 29.6 Å². The Balaban J connectivity index is 2.80. The number of nitrogens with one attached hydrogen (secondary N) is 1. The van der Waals surface area contributed by atoms with Crippen molar-refractivity contribution in [2.75, 3.05) is 6.61 Å². The first kappa shape index (κ1) is 17.0. The minimum absolute atomic E-state index is 0.105. The molecule has 1 amide bonds. The Bertz CT molecular complexity index is 532. The number of hydrogen-bond acceptors (Lipinski definition) is 3. The van der Waals surface area contributed by atoms with Gasteiger partial charge in [-0.15, -0.1) is 0 Å². The zero-order valence-corrected chi connectivity index (χ0v) is 13.2. The fraction of sp³-hybridized carbons (Fsp3) is 0.500. The lowest BCUT2D eigenvalue weighted by Gasteiger charge is -2.24. The highest BCUT2D eigenvalue weighted by atomic mass is 16.5. The lowest BCUT2D eigenvalue weighted by Crippen LogP contribution is -2.40. The second-order valence-corrected chi connectivity index (χ2v) is 6.12. The molecule has 0 saturated carbocycles. The van der Waals surface area contributed by atoms with Gasteiger partial charge < -0.3 is 15.2 Å². The maximum Gasteiger partial charge on any atom is 0.325 e. The third kappa shape index (κ3) is 4.77. The Kier molecular flexibility index (Phi) is 5.35. The molecule has 21 heavy (non-hydrogen) atoms. The summed E-state index contributed by atoms with van der Waals surface area (Å²) in [5.74, 6) is -0.842. The Morgan fingerprint density at radius 1 is 1.33 bits per heavy atom. The molecule has 0 aliphatic rings. The van der Waals surface area contributed by atoms with E-state index in [9.17, 15) is 9.59 Å². The topological polar surface area (TPSA) is 75.6 Å². The van der Waals surface area contributed by atoms with Gasteiger partial charge in [-0.25, -0.2) is 0 Å². The second-order valence-electron chi connectivity index (χ2n) is 6.12. The molecule has 5 heteroatoms. The number of rotatable bonds is 5. The molecule has 0 heterocycles. The highest BCUT2D eigenvalue weighted by Gasteiger charge is 2.21. The molecule has 0 unspecified atom stereocenters. The van der Waals surface area contributed by atoms with Gasteiger partial charge in [0.1, 0.15) is 11.8 Å². The minimum Gasteiger partial charge on any atom is -0.483 e. The van der Waals surface area contributed by atoms with Gasteiger partial charge in [0.05, 0.1) is 0 Å². The normalized spacial score (nSPS) is 12.6. The molecule has 0 radical (unpaired) electrons. The van der Waals surface area contributed by atoms with Crippen LogP contribution in [0.3, 0.4) is 0 Å². The van der Waals surface area contributed by atoms with E-state index in [0.29, 0.717) is 5.75 Å². The predicted molar refractivity (Wildman–Crippen MR) is 80.6 cm³/mol. The molecule has 0 aliphatic carbocycles. The van der Waals surface area contributed by atoms with Crippen molar-refractivity contribution in [3.63, 3.8) is 0 Å². The molecule has 2 N–H and O–H groups in total. The third-order valence-electron chi connectivity index (χ3n) is 3.12. The number of aryl methyl sites for hydroxylation is 1. The molecule has 0 aliphatic heterocycles. The number of hydrogen-bond donors (Lipinski definition) is 2. The third-order valence-corrected chi connectivity index (χ3v) is 3.12. The summed E-state index contributed by atoms with van der Waals surface area (Å²) in [5.41, 5.74) is 1.86. The first-order chi connectivity index (χ1) is 9.62. The van der Waals surface area contributed by atoms with Gasteiger partial charge in [0.2, 0.25) is 0 Å². The summed E-state index contributed by atoms with van der Waals surface area (Å²) >= 11 is 0. The summed E-state index contributed by atoms with van der Waals surface area (Å²) in [6.45, 7) is 9.34. The van der Waals surface area contributed by atoms with E-state index in [1.54, 1.807) is 0 Å². The van der Waals surface area contributed by atoms with Crippen LogP contribution >= 0.6 is 0 Å². The van der Waals surface area contributed by atoms with Gasteiger partial charge in [0.15, 0.2) is 6.61 Å². The number of carboxylic acids is 1. The van der Waals surface area contributed by atoms with Gasteiger partial charge in [-0.1, -0.05) is 39.0 Å². The number of carbonyl (C=O) groups excluding carboxylic acids is 1. The van der Waals surface area contributed by atoms with E-state index in [0.717, 1.165) is 11.1 Å². The van der Waals surface area contributed by atoms with Gasteiger partial charge in [-0.3, -0.25) is 9.59 Å². The number of para-hydroxylation sites is 1. The van der Waals surface area contributed by atoms with E-state index in [1.165, 1.54) is 6.92 Å². The molecule has 1 aromatic carbocycles. The molecule has 0 spiro atoms. The Labute approximate surface area is 125 Å².